The molecule has 2 aliphatic rings. The van der Waals surface area contributed by atoms with E-state index in [2.05, 4.69) is 28.6 Å². The number of aryl methyl sites for hydroxylation is 1. The molecule has 2 saturated heterocycles. The third kappa shape index (κ3) is 3.02. The van der Waals surface area contributed by atoms with Gasteiger partial charge in [0.15, 0.2) is 0 Å². The third-order valence-corrected chi connectivity index (χ3v) is 6.29. The van der Waals surface area contributed by atoms with Gasteiger partial charge in [-0.05, 0) is 26.4 Å². The van der Waals surface area contributed by atoms with E-state index in [0.717, 1.165) is 19.7 Å². The largest absolute Gasteiger partial charge is 0.384 e. The summed E-state index contributed by atoms with van der Waals surface area (Å²) in [6.45, 7) is 12.4. The van der Waals surface area contributed by atoms with Gasteiger partial charge in [-0.15, -0.1) is 11.3 Å². The first-order valence-corrected chi connectivity index (χ1v) is 8.87. The van der Waals surface area contributed by atoms with Gasteiger partial charge in [0.25, 0.3) is 0 Å². The Morgan fingerprint density at radius 3 is 2.90 bits per heavy atom. The van der Waals surface area contributed by atoms with Gasteiger partial charge in [-0.3, -0.25) is 4.90 Å². The Kier molecular flexibility index (Phi) is 4.64. The quantitative estimate of drug-likeness (QED) is 0.834. The average molecular weight is 309 g/mol. The molecular formula is C16H27N3OS. The number of methoxy groups -OCH3 is 1. The minimum absolute atomic E-state index is 0.449. The highest BCUT2D eigenvalue weighted by atomic mass is 32.1. The van der Waals surface area contributed by atoms with Crippen molar-refractivity contribution in [3.8, 4) is 0 Å². The Balaban J connectivity index is 1.67. The number of ether oxygens (including phenoxy) is 1. The van der Waals surface area contributed by atoms with Crippen LogP contribution in [0.15, 0.2) is 5.51 Å². The van der Waals surface area contributed by atoms with Crippen LogP contribution >= 0.6 is 11.3 Å². The van der Waals surface area contributed by atoms with Crippen molar-refractivity contribution in [2.45, 2.75) is 26.8 Å². The van der Waals surface area contributed by atoms with E-state index in [9.17, 15) is 0 Å². The molecule has 0 amide bonds. The lowest BCUT2D eigenvalue weighted by Gasteiger charge is -2.30. The maximum atomic E-state index is 5.51. The fraction of sp³-hybridized carbons (Fsp3) is 0.812. The van der Waals surface area contributed by atoms with Crippen molar-refractivity contribution in [3.63, 3.8) is 0 Å². The average Bonchev–Trinajstić information content (AvgIpc) is 3.15. The van der Waals surface area contributed by atoms with E-state index in [1.807, 2.05) is 12.6 Å². The summed E-state index contributed by atoms with van der Waals surface area (Å²) >= 11 is 1.80. The maximum Gasteiger partial charge on any atom is 0.0798 e. The highest BCUT2D eigenvalue weighted by Crippen LogP contribution is 2.44. The zero-order chi connectivity index (χ0) is 14.9. The highest BCUT2D eigenvalue weighted by Gasteiger charge is 2.49. The van der Waals surface area contributed by atoms with Crippen LogP contribution in [0.25, 0.3) is 0 Å². The summed E-state index contributed by atoms with van der Waals surface area (Å²) < 4.78 is 5.51. The normalized spacial score (nSPS) is 30.7. The van der Waals surface area contributed by atoms with Crippen LogP contribution in [0.2, 0.25) is 0 Å². The minimum atomic E-state index is 0.449. The van der Waals surface area contributed by atoms with Crippen molar-refractivity contribution in [3.05, 3.63) is 16.1 Å². The maximum absolute atomic E-state index is 5.51. The first-order chi connectivity index (χ1) is 10.2. The SMILES string of the molecule is CCN1C[C@@H](COC)[C@@]2(CCN(Cc3scnc3C)C2)C1. The van der Waals surface area contributed by atoms with Gasteiger partial charge in [0.05, 0.1) is 17.8 Å². The molecule has 0 bridgehead atoms. The van der Waals surface area contributed by atoms with Gasteiger partial charge in [-0.1, -0.05) is 6.92 Å². The summed E-state index contributed by atoms with van der Waals surface area (Å²) in [5.41, 5.74) is 3.62. The van der Waals surface area contributed by atoms with Gasteiger partial charge >= 0.3 is 0 Å². The molecule has 0 radical (unpaired) electrons. The molecule has 21 heavy (non-hydrogen) atoms. The lowest BCUT2D eigenvalue weighted by molar-refractivity contribution is 0.0959. The molecule has 2 fully saturated rings. The predicted octanol–water partition coefficient (Wildman–Crippen LogP) is 2.24. The van der Waals surface area contributed by atoms with E-state index >= 15 is 0 Å². The van der Waals surface area contributed by atoms with E-state index < -0.39 is 0 Å². The van der Waals surface area contributed by atoms with Gasteiger partial charge < -0.3 is 9.64 Å². The summed E-state index contributed by atoms with van der Waals surface area (Å²) in [6, 6.07) is 0. The Morgan fingerprint density at radius 2 is 2.24 bits per heavy atom. The standard InChI is InChI=1S/C16H27N3OS/c1-4-18-7-14(9-20-3)16(10-18)5-6-19(11-16)8-15-13(2)17-12-21-15/h12,14H,4-11H2,1-3H3/t14-,16-/m0/s1. The molecule has 0 aliphatic carbocycles. The van der Waals surface area contributed by atoms with Gasteiger partial charge in [0.1, 0.15) is 0 Å². The number of thiazole rings is 1. The number of nitrogens with zero attached hydrogens (tertiary/aromatic N) is 3. The molecule has 1 spiro atoms. The molecule has 0 N–H and O–H groups in total. The molecule has 118 valence electrons. The summed E-state index contributed by atoms with van der Waals surface area (Å²) in [5, 5.41) is 0. The molecule has 1 aromatic heterocycles. The van der Waals surface area contributed by atoms with Gasteiger partial charge in [0.2, 0.25) is 0 Å². The Hall–Kier alpha value is -0.490. The van der Waals surface area contributed by atoms with E-state index in [0.29, 0.717) is 11.3 Å². The second-order valence-electron chi connectivity index (χ2n) is 6.66. The van der Waals surface area contributed by atoms with E-state index in [1.165, 1.54) is 43.2 Å². The van der Waals surface area contributed by atoms with Crippen molar-refractivity contribution in [2.24, 2.45) is 11.3 Å². The predicted molar refractivity (Wildman–Crippen MR) is 86.7 cm³/mol. The molecule has 5 heteroatoms. The van der Waals surface area contributed by atoms with Crippen LogP contribution in [0.1, 0.15) is 23.9 Å². The molecule has 1 aromatic rings. The van der Waals surface area contributed by atoms with E-state index in [4.69, 9.17) is 4.74 Å². The number of hydrogen-bond donors (Lipinski definition) is 0. The topological polar surface area (TPSA) is 28.6 Å². The lowest BCUT2D eigenvalue weighted by atomic mass is 9.78. The molecular weight excluding hydrogens is 282 g/mol. The number of aromatic nitrogens is 1. The summed E-state index contributed by atoms with van der Waals surface area (Å²) in [5.74, 6) is 0.690. The summed E-state index contributed by atoms with van der Waals surface area (Å²) in [4.78, 5) is 11.0. The van der Waals surface area contributed by atoms with Gasteiger partial charge in [-0.25, -0.2) is 4.98 Å². The molecule has 3 rings (SSSR count). The fourth-order valence-electron chi connectivity index (χ4n) is 4.08. The van der Waals surface area contributed by atoms with E-state index in [-0.39, 0.29) is 0 Å². The van der Waals surface area contributed by atoms with Crippen LogP contribution < -0.4 is 0 Å². The van der Waals surface area contributed by atoms with Gasteiger partial charge in [0, 0.05) is 49.5 Å². The smallest absolute Gasteiger partial charge is 0.0798 e. The first kappa shape index (κ1) is 15.4. The van der Waals surface area contributed by atoms with E-state index in [1.54, 1.807) is 11.3 Å². The highest BCUT2D eigenvalue weighted by molar-refractivity contribution is 7.09. The minimum Gasteiger partial charge on any atom is -0.384 e. The van der Waals surface area contributed by atoms with Crippen molar-refractivity contribution in [1.82, 2.24) is 14.8 Å². The van der Waals surface area contributed by atoms with Crippen molar-refractivity contribution < 1.29 is 4.74 Å². The number of hydrogen-bond acceptors (Lipinski definition) is 5. The number of rotatable bonds is 5. The van der Waals surface area contributed by atoms with Crippen LogP contribution in [0.3, 0.4) is 0 Å². The number of likely N-dealkylation sites (tertiary alicyclic amines) is 2. The molecule has 3 heterocycles. The monoisotopic (exact) mass is 309 g/mol. The van der Waals surface area contributed by atoms with Crippen molar-refractivity contribution in [2.75, 3.05) is 46.4 Å². The third-order valence-electron chi connectivity index (χ3n) is 5.37. The lowest BCUT2D eigenvalue weighted by Crippen LogP contribution is -2.36. The van der Waals surface area contributed by atoms with Crippen LogP contribution in [-0.4, -0.2) is 61.2 Å². The van der Waals surface area contributed by atoms with Crippen molar-refractivity contribution >= 4 is 11.3 Å². The molecule has 4 nitrogen and oxygen atoms in total. The molecule has 0 aromatic carbocycles. The zero-order valence-electron chi connectivity index (χ0n) is 13.5. The second-order valence-corrected chi connectivity index (χ2v) is 7.60. The molecule has 0 unspecified atom stereocenters. The Morgan fingerprint density at radius 1 is 1.43 bits per heavy atom. The summed E-state index contributed by atoms with van der Waals surface area (Å²) in [6.07, 6.45) is 1.31. The summed E-state index contributed by atoms with van der Waals surface area (Å²) in [7, 11) is 1.84. The fourth-order valence-corrected chi connectivity index (χ4v) is 4.90. The first-order valence-electron chi connectivity index (χ1n) is 7.99. The van der Waals surface area contributed by atoms with Crippen LogP contribution in [0.5, 0.6) is 0 Å². The molecule has 2 aliphatic heterocycles. The zero-order valence-corrected chi connectivity index (χ0v) is 14.3. The van der Waals surface area contributed by atoms with Gasteiger partial charge in [-0.2, -0.15) is 0 Å². The van der Waals surface area contributed by atoms with Crippen LogP contribution in [-0.2, 0) is 11.3 Å². The van der Waals surface area contributed by atoms with Crippen LogP contribution in [0, 0.1) is 18.3 Å². The van der Waals surface area contributed by atoms with Crippen LogP contribution in [0.4, 0.5) is 0 Å². The molecule has 0 saturated carbocycles. The Bertz CT molecular complexity index is 478. The molecule has 2 atom stereocenters. The Labute approximate surface area is 132 Å². The second kappa shape index (κ2) is 6.32. The van der Waals surface area contributed by atoms with Crippen molar-refractivity contribution in [1.29, 1.82) is 0 Å².